The number of benzene rings is 3. The molecule has 4 heteroatoms. The van der Waals surface area contributed by atoms with Crippen molar-refractivity contribution in [3.05, 3.63) is 107 Å². The fourth-order valence-corrected chi connectivity index (χ4v) is 4.22. The molecule has 4 nitrogen and oxygen atoms in total. The third-order valence-electron chi connectivity index (χ3n) is 5.85. The van der Waals surface area contributed by atoms with Gasteiger partial charge in [-0.25, -0.2) is 4.90 Å². The summed E-state index contributed by atoms with van der Waals surface area (Å²) in [7, 11) is 0. The molecule has 0 unspecified atom stereocenters. The number of imide groups is 1. The van der Waals surface area contributed by atoms with E-state index in [2.05, 4.69) is 23.1 Å². The lowest BCUT2D eigenvalue weighted by Gasteiger charge is -2.32. The summed E-state index contributed by atoms with van der Waals surface area (Å²) in [6.45, 7) is 3.58. The van der Waals surface area contributed by atoms with Crippen molar-refractivity contribution in [1.29, 1.82) is 0 Å². The van der Waals surface area contributed by atoms with Gasteiger partial charge in [-0.05, 0) is 42.7 Å². The molecule has 0 fully saturated rings. The number of hydrogen-bond acceptors (Lipinski definition) is 3. The van der Waals surface area contributed by atoms with E-state index in [0.717, 1.165) is 25.1 Å². The van der Waals surface area contributed by atoms with Crippen LogP contribution in [0.15, 0.2) is 79.0 Å². The van der Waals surface area contributed by atoms with Gasteiger partial charge in [0.05, 0.1) is 11.3 Å². The molecule has 5 rings (SSSR count). The van der Waals surface area contributed by atoms with Gasteiger partial charge in [-0.1, -0.05) is 60.2 Å². The minimum absolute atomic E-state index is 0.276. The van der Waals surface area contributed by atoms with Crippen LogP contribution in [0, 0.1) is 6.92 Å². The molecule has 0 N–H and O–H groups in total. The van der Waals surface area contributed by atoms with Gasteiger partial charge in [-0.3, -0.25) is 9.59 Å². The smallest absolute Gasteiger partial charge is 0.267 e. The van der Waals surface area contributed by atoms with Gasteiger partial charge in [0.1, 0.15) is 0 Å². The van der Waals surface area contributed by atoms with E-state index < -0.39 is 0 Å². The van der Waals surface area contributed by atoms with Crippen LogP contribution in [0.5, 0.6) is 0 Å². The van der Waals surface area contributed by atoms with Gasteiger partial charge in [0, 0.05) is 30.4 Å². The molecular formula is C26H22N2O2. The highest BCUT2D eigenvalue weighted by atomic mass is 16.2. The number of carbonyl (C=O) groups excluding carboxylic acids is 2. The van der Waals surface area contributed by atoms with Gasteiger partial charge >= 0.3 is 0 Å². The number of rotatable bonds is 2. The van der Waals surface area contributed by atoms with E-state index in [1.54, 1.807) is 6.07 Å². The Kier molecular flexibility index (Phi) is 4.47. The summed E-state index contributed by atoms with van der Waals surface area (Å²) in [4.78, 5) is 30.2. The summed E-state index contributed by atoms with van der Waals surface area (Å²) in [6, 6.07) is 23.3. The zero-order chi connectivity index (χ0) is 20.7. The van der Waals surface area contributed by atoms with Crippen molar-refractivity contribution < 1.29 is 9.59 Å². The first-order chi connectivity index (χ1) is 14.6. The van der Waals surface area contributed by atoms with Gasteiger partial charge in [0.25, 0.3) is 11.8 Å². The van der Waals surface area contributed by atoms with Crippen molar-refractivity contribution in [3.8, 4) is 0 Å². The lowest BCUT2D eigenvalue weighted by molar-refractivity contribution is -0.112. The topological polar surface area (TPSA) is 40.6 Å². The van der Waals surface area contributed by atoms with E-state index in [-0.39, 0.29) is 11.8 Å². The minimum atomic E-state index is -0.277. The standard InChI is InChI=1S/C26H22N2O2/c1-18-10-12-21(13-11-18)28-25(29)23-9-5-4-8-22(23)24(26(28)30)17-27-15-14-19-6-2-3-7-20(19)16-27/h2-13,17H,14-16H2,1H3/b24-17+. The van der Waals surface area contributed by atoms with Crippen LogP contribution in [0.25, 0.3) is 5.57 Å². The summed E-state index contributed by atoms with van der Waals surface area (Å²) in [5.41, 5.74) is 6.14. The molecule has 0 saturated heterocycles. The average Bonchev–Trinajstić information content (AvgIpc) is 2.78. The molecule has 0 spiro atoms. The maximum Gasteiger partial charge on any atom is 0.267 e. The zero-order valence-electron chi connectivity index (χ0n) is 16.8. The molecule has 148 valence electrons. The van der Waals surface area contributed by atoms with E-state index in [1.807, 2.05) is 61.7 Å². The van der Waals surface area contributed by atoms with Crippen LogP contribution in [0.1, 0.15) is 32.6 Å². The highest BCUT2D eigenvalue weighted by molar-refractivity contribution is 6.41. The summed E-state index contributed by atoms with van der Waals surface area (Å²) in [5.74, 6) is -0.554. The quantitative estimate of drug-likeness (QED) is 0.472. The van der Waals surface area contributed by atoms with E-state index >= 15 is 0 Å². The Labute approximate surface area is 176 Å². The van der Waals surface area contributed by atoms with Crippen molar-refractivity contribution in [3.63, 3.8) is 0 Å². The molecule has 0 bridgehead atoms. The Morgan fingerprint density at radius 2 is 1.43 bits per heavy atom. The first-order valence-electron chi connectivity index (χ1n) is 10.2. The first kappa shape index (κ1) is 18.4. The Morgan fingerprint density at radius 1 is 0.767 bits per heavy atom. The second-order valence-electron chi connectivity index (χ2n) is 7.86. The normalized spacial score (nSPS) is 17.2. The van der Waals surface area contributed by atoms with Gasteiger partial charge in [0.2, 0.25) is 0 Å². The van der Waals surface area contributed by atoms with E-state index in [1.165, 1.54) is 16.0 Å². The molecule has 0 atom stereocenters. The fourth-order valence-electron chi connectivity index (χ4n) is 4.22. The van der Waals surface area contributed by atoms with Crippen LogP contribution in [0.4, 0.5) is 5.69 Å². The van der Waals surface area contributed by atoms with Crippen LogP contribution in [0.3, 0.4) is 0 Å². The van der Waals surface area contributed by atoms with Gasteiger partial charge in [0.15, 0.2) is 0 Å². The number of aryl methyl sites for hydroxylation is 1. The lowest BCUT2D eigenvalue weighted by Crippen LogP contribution is -2.42. The van der Waals surface area contributed by atoms with Crippen LogP contribution < -0.4 is 4.90 Å². The molecule has 2 aliphatic rings. The molecule has 0 aromatic heterocycles. The van der Waals surface area contributed by atoms with Gasteiger partial charge in [-0.2, -0.15) is 0 Å². The number of anilines is 1. The molecule has 30 heavy (non-hydrogen) atoms. The molecule has 2 aliphatic heterocycles. The molecule has 3 aromatic carbocycles. The maximum atomic E-state index is 13.5. The van der Waals surface area contributed by atoms with Gasteiger partial charge in [-0.15, -0.1) is 0 Å². The second-order valence-corrected chi connectivity index (χ2v) is 7.86. The monoisotopic (exact) mass is 394 g/mol. The van der Waals surface area contributed by atoms with Crippen LogP contribution in [0.2, 0.25) is 0 Å². The summed E-state index contributed by atoms with van der Waals surface area (Å²) in [6.07, 6.45) is 2.88. The fraction of sp³-hybridized carbons (Fsp3) is 0.154. The van der Waals surface area contributed by atoms with E-state index in [0.29, 0.717) is 22.4 Å². The minimum Gasteiger partial charge on any atom is -0.372 e. The number of fused-ring (bicyclic) bond motifs is 2. The van der Waals surface area contributed by atoms with Crippen molar-refractivity contribution >= 4 is 23.1 Å². The van der Waals surface area contributed by atoms with Crippen LogP contribution >= 0.6 is 0 Å². The Balaban J connectivity index is 1.57. The predicted molar refractivity (Wildman–Crippen MR) is 118 cm³/mol. The Morgan fingerprint density at radius 3 is 2.20 bits per heavy atom. The molecule has 2 heterocycles. The predicted octanol–water partition coefficient (Wildman–Crippen LogP) is 4.58. The van der Waals surface area contributed by atoms with E-state index in [9.17, 15) is 9.59 Å². The van der Waals surface area contributed by atoms with Crippen LogP contribution in [-0.2, 0) is 17.8 Å². The number of carbonyl (C=O) groups is 2. The number of hydrogen-bond donors (Lipinski definition) is 0. The van der Waals surface area contributed by atoms with Crippen molar-refractivity contribution in [1.82, 2.24) is 4.90 Å². The average molecular weight is 394 g/mol. The molecule has 0 aliphatic carbocycles. The SMILES string of the molecule is Cc1ccc(N2C(=O)/C(=C/N3CCc4ccccc4C3)c3ccccc3C2=O)cc1. The first-order valence-corrected chi connectivity index (χ1v) is 10.2. The summed E-state index contributed by atoms with van der Waals surface area (Å²) >= 11 is 0. The van der Waals surface area contributed by atoms with Crippen molar-refractivity contribution in [2.24, 2.45) is 0 Å². The maximum absolute atomic E-state index is 13.5. The molecule has 2 amide bonds. The zero-order valence-corrected chi connectivity index (χ0v) is 16.8. The summed E-state index contributed by atoms with van der Waals surface area (Å²) < 4.78 is 0. The van der Waals surface area contributed by atoms with Crippen molar-refractivity contribution in [2.75, 3.05) is 11.4 Å². The second kappa shape index (κ2) is 7.30. The molecule has 0 radical (unpaired) electrons. The van der Waals surface area contributed by atoms with Crippen LogP contribution in [-0.4, -0.2) is 23.3 Å². The third-order valence-corrected chi connectivity index (χ3v) is 5.85. The Hall–Kier alpha value is -3.66. The van der Waals surface area contributed by atoms with Crippen molar-refractivity contribution in [2.45, 2.75) is 19.9 Å². The Bertz CT molecular complexity index is 1180. The number of nitrogens with zero attached hydrogens (tertiary/aromatic N) is 2. The van der Waals surface area contributed by atoms with Gasteiger partial charge < -0.3 is 4.90 Å². The third kappa shape index (κ3) is 3.11. The van der Waals surface area contributed by atoms with E-state index in [4.69, 9.17) is 0 Å². The highest BCUT2D eigenvalue weighted by Gasteiger charge is 2.36. The molecule has 0 saturated carbocycles. The molecule has 3 aromatic rings. The highest BCUT2D eigenvalue weighted by Crippen LogP contribution is 2.33. The summed E-state index contributed by atoms with van der Waals surface area (Å²) in [5, 5.41) is 0. The largest absolute Gasteiger partial charge is 0.372 e. The number of amides is 2. The molecular weight excluding hydrogens is 372 g/mol. The lowest BCUT2D eigenvalue weighted by atomic mass is 9.93.